The highest BCUT2D eigenvalue weighted by Crippen LogP contribution is 2.23. The molecule has 4 nitrogen and oxygen atoms in total. The SMILES string of the molecule is CCCn1c(CN(CCC(C)C)C(=O)c2ccc(CC)s2)nc2cc(F)ccc21. The van der Waals surface area contributed by atoms with Gasteiger partial charge in [0.15, 0.2) is 0 Å². The molecule has 0 spiro atoms. The molecule has 0 unspecified atom stereocenters. The lowest BCUT2D eigenvalue weighted by molar-refractivity contribution is 0.0734. The van der Waals surface area contributed by atoms with Crippen LogP contribution in [0.2, 0.25) is 0 Å². The van der Waals surface area contributed by atoms with Crippen molar-refractivity contribution in [2.75, 3.05) is 6.54 Å². The van der Waals surface area contributed by atoms with Crippen LogP contribution in [0.1, 0.15) is 60.9 Å². The summed E-state index contributed by atoms with van der Waals surface area (Å²) in [6, 6.07) is 8.69. The minimum atomic E-state index is -0.288. The van der Waals surface area contributed by atoms with Crippen molar-refractivity contribution in [3.05, 3.63) is 51.7 Å². The van der Waals surface area contributed by atoms with Gasteiger partial charge in [0.25, 0.3) is 5.91 Å². The third-order valence-corrected chi connectivity index (χ3v) is 6.27. The van der Waals surface area contributed by atoms with Crippen LogP contribution in [0, 0.1) is 11.7 Å². The van der Waals surface area contributed by atoms with E-state index in [1.807, 2.05) is 17.0 Å². The molecule has 2 heterocycles. The Morgan fingerprint density at radius 1 is 1.24 bits per heavy atom. The topological polar surface area (TPSA) is 38.1 Å². The van der Waals surface area contributed by atoms with Gasteiger partial charge >= 0.3 is 0 Å². The molecule has 0 N–H and O–H groups in total. The number of rotatable bonds is 9. The molecule has 0 saturated carbocycles. The number of hydrogen-bond acceptors (Lipinski definition) is 3. The zero-order valence-electron chi connectivity index (χ0n) is 17.7. The van der Waals surface area contributed by atoms with Crippen molar-refractivity contribution >= 4 is 28.3 Å². The van der Waals surface area contributed by atoms with Gasteiger partial charge in [0.1, 0.15) is 11.6 Å². The second kappa shape index (κ2) is 9.53. The van der Waals surface area contributed by atoms with Gasteiger partial charge in [0.2, 0.25) is 0 Å². The summed E-state index contributed by atoms with van der Waals surface area (Å²) >= 11 is 1.57. The number of aromatic nitrogens is 2. The highest BCUT2D eigenvalue weighted by Gasteiger charge is 2.21. The van der Waals surface area contributed by atoms with Gasteiger partial charge in [-0.3, -0.25) is 4.79 Å². The monoisotopic (exact) mass is 415 g/mol. The molecule has 0 fully saturated rings. The van der Waals surface area contributed by atoms with Gasteiger partial charge in [-0.25, -0.2) is 9.37 Å². The second-order valence-corrected chi connectivity index (χ2v) is 9.01. The molecule has 2 aromatic heterocycles. The molecule has 3 rings (SSSR count). The van der Waals surface area contributed by atoms with E-state index in [1.54, 1.807) is 17.4 Å². The summed E-state index contributed by atoms with van der Waals surface area (Å²) in [6.07, 6.45) is 2.81. The van der Waals surface area contributed by atoms with E-state index in [0.717, 1.165) is 42.0 Å². The fourth-order valence-corrected chi connectivity index (χ4v) is 4.34. The van der Waals surface area contributed by atoms with Crippen molar-refractivity contribution in [1.82, 2.24) is 14.5 Å². The van der Waals surface area contributed by atoms with E-state index in [9.17, 15) is 9.18 Å². The maximum atomic E-state index is 13.7. The first-order valence-electron chi connectivity index (χ1n) is 10.5. The van der Waals surface area contributed by atoms with Gasteiger partial charge in [-0.1, -0.05) is 27.7 Å². The Kier molecular flexibility index (Phi) is 7.06. The first-order chi connectivity index (χ1) is 13.9. The fraction of sp³-hybridized carbons (Fsp3) is 0.478. The van der Waals surface area contributed by atoms with Crippen molar-refractivity contribution in [3.8, 4) is 0 Å². The molecule has 0 bridgehead atoms. The van der Waals surface area contributed by atoms with Gasteiger partial charge in [-0.15, -0.1) is 11.3 Å². The summed E-state index contributed by atoms with van der Waals surface area (Å²) in [5.41, 5.74) is 1.57. The Labute approximate surface area is 176 Å². The fourth-order valence-electron chi connectivity index (χ4n) is 3.42. The van der Waals surface area contributed by atoms with Crippen LogP contribution in [0.15, 0.2) is 30.3 Å². The predicted molar refractivity (Wildman–Crippen MR) is 118 cm³/mol. The third-order valence-electron chi connectivity index (χ3n) is 5.05. The standard InChI is InChI=1S/C23H30FN3OS/c1-5-12-27-20-9-7-17(24)14-19(20)25-22(27)15-26(13-11-16(3)4)23(28)21-10-8-18(6-2)29-21/h7-10,14,16H,5-6,11-13,15H2,1-4H3. The van der Waals surface area contributed by atoms with Gasteiger partial charge in [-0.05, 0) is 49.4 Å². The molecule has 0 aliphatic heterocycles. The van der Waals surface area contributed by atoms with Crippen LogP contribution < -0.4 is 0 Å². The number of amides is 1. The van der Waals surface area contributed by atoms with Gasteiger partial charge < -0.3 is 9.47 Å². The van der Waals surface area contributed by atoms with Gasteiger partial charge in [-0.2, -0.15) is 0 Å². The predicted octanol–water partition coefficient (Wildman–Crippen LogP) is 5.90. The Balaban J connectivity index is 1.94. The number of carbonyl (C=O) groups is 1. The maximum absolute atomic E-state index is 13.7. The summed E-state index contributed by atoms with van der Waals surface area (Å²) in [6.45, 7) is 10.4. The van der Waals surface area contributed by atoms with Crippen LogP contribution in [0.4, 0.5) is 4.39 Å². The Hall–Kier alpha value is -2.21. The van der Waals surface area contributed by atoms with Crippen LogP contribution in [-0.4, -0.2) is 26.9 Å². The summed E-state index contributed by atoms with van der Waals surface area (Å²) in [5.74, 6) is 1.08. The summed E-state index contributed by atoms with van der Waals surface area (Å²) < 4.78 is 15.8. The molecule has 0 aliphatic rings. The first kappa shape index (κ1) is 21.5. The molecule has 1 amide bonds. The number of imidazole rings is 1. The maximum Gasteiger partial charge on any atom is 0.264 e. The number of benzene rings is 1. The van der Waals surface area contributed by atoms with Crippen LogP contribution in [0.25, 0.3) is 11.0 Å². The summed E-state index contributed by atoms with van der Waals surface area (Å²) in [7, 11) is 0. The molecule has 0 saturated heterocycles. The summed E-state index contributed by atoms with van der Waals surface area (Å²) in [5, 5.41) is 0. The lowest BCUT2D eigenvalue weighted by Crippen LogP contribution is -2.32. The molecular weight excluding hydrogens is 385 g/mol. The molecule has 6 heteroatoms. The number of halogens is 1. The Morgan fingerprint density at radius 2 is 2.03 bits per heavy atom. The van der Waals surface area contributed by atoms with Crippen molar-refractivity contribution in [1.29, 1.82) is 0 Å². The lowest BCUT2D eigenvalue weighted by atomic mass is 10.1. The minimum absolute atomic E-state index is 0.0524. The number of hydrogen-bond donors (Lipinski definition) is 0. The van der Waals surface area contributed by atoms with E-state index in [0.29, 0.717) is 24.5 Å². The van der Waals surface area contributed by atoms with Crippen molar-refractivity contribution in [3.63, 3.8) is 0 Å². The molecule has 0 aliphatic carbocycles. The Bertz CT molecular complexity index is 976. The van der Waals surface area contributed by atoms with Crippen LogP contribution in [-0.2, 0) is 19.5 Å². The largest absolute Gasteiger partial charge is 0.330 e. The molecule has 3 aromatic rings. The van der Waals surface area contributed by atoms with E-state index in [1.165, 1.54) is 17.0 Å². The number of fused-ring (bicyclic) bond motifs is 1. The quantitative estimate of drug-likeness (QED) is 0.436. The third kappa shape index (κ3) is 5.04. The molecule has 29 heavy (non-hydrogen) atoms. The van der Waals surface area contributed by atoms with Gasteiger partial charge in [0, 0.05) is 24.0 Å². The highest BCUT2D eigenvalue weighted by atomic mass is 32.1. The van der Waals surface area contributed by atoms with Crippen molar-refractivity contribution in [2.45, 2.75) is 60.0 Å². The second-order valence-electron chi connectivity index (χ2n) is 7.84. The van der Waals surface area contributed by atoms with E-state index in [-0.39, 0.29) is 11.7 Å². The first-order valence-corrected chi connectivity index (χ1v) is 11.3. The van der Waals surface area contributed by atoms with Crippen molar-refractivity contribution < 1.29 is 9.18 Å². The van der Waals surface area contributed by atoms with E-state index >= 15 is 0 Å². The highest BCUT2D eigenvalue weighted by molar-refractivity contribution is 7.14. The average Bonchev–Trinajstić information content (AvgIpc) is 3.29. The minimum Gasteiger partial charge on any atom is -0.330 e. The number of aryl methyl sites for hydroxylation is 2. The molecular formula is C23H30FN3OS. The smallest absolute Gasteiger partial charge is 0.264 e. The lowest BCUT2D eigenvalue weighted by Gasteiger charge is -2.23. The zero-order chi connectivity index (χ0) is 21.0. The number of carbonyl (C=O) groups excluding carboxylic acids is 1. The zero-order valence-corrected chi connectivity index (χ0v) is 18.6. The van der Waals surface area contributed by atoms with Crippen LogP contribution in [0.3, 0.4) is 0 Å². The Morgan fingerprint density at radius 3 is 2.69 bits per heavy atom. The van der Waals surface area contributed by atoms with E-state index in [4.69, 9.17) is 0 Å². The number of thiophene rings is 1. The van der Waals surface area contributed by atoms with E-state index in [2.05, 4.69) is 37.2 Å². The molecule has 0 radical (unpaired) electrons. The van der Waals surface area contributed by atoms with Gasteiger partial charge in [0.05, 0.1) is 22.5 Å². The average molecular weight is 416 g/mol. The molecule has 156 valence electrons. The van der Waals surface area contributed by atoms with Crippen LogP contribution >= 0.6 is 11.3 Å². The summed E-state index contributed by atoms with van der Waals surface area (Å²) in [4.78, 5) is 21.8. The van der Waals surface area contributed by atoms with E-state index < -0.39 is 0 Å². The van der Waals surface area contributed by atoms with Crippen molar-refractivity contribution in [2.24, 2.45) is 5.92 Å². The normalized spacial score (nSPS) is 11.5. The van der Waals surface area contributed by atoms with Crippen LogP contribution in [0.5, 0.6) is 0 Å². The molecule has 1 aromatic carbocycles. The number of nitrogens with zero attached hydrogens (tertiary/aromatic N) is 3. The molecule has 0 atom stereocenters.